The van der Waals surface area contributed by atoms with Crippen LogP contribution in [0, 0.1) is 17.0 Å². The van der Waals surface area contributed by atoms with Crippen LogP contribution >= 0.6 is 0 Å². The van der Waals surface area contributed by atoms with Crippen molar-refractivity contribution in [1.82, 2.24) is 0 Å². The van der Waals surface area contributed by atoms with Gasteiger partial charge >= 0.3 is 0 Å². The van der Waals surface area contributed by atoms with E-state index in [0.29, 0.717) is 16.8 Å². The van der Waals surface area contributed by atoms with Crippen LogP contribution in [0.1, 0.15) is 42.2 Å². The van der Waals surface area contributed by atoms with Gasteiger partial charge in [-0.15, -0.1) is 0 Å². The highest BCUT2D eigenvalue weighted by Gasteiger charge is 2.22. The molecule has 0 radical (unpaired) electrons. The third-order valence-corrected chi connectivity index (χ3v) is 5.47. The van der Waals surface area contributed by atoms with Gasteiger partial charge in [0, 0.05) is 17.2 Å². The number of carbonyl (C=O) groups excluding carboxylic acids is 3. The zero-order chi connectivity index (χ0) is 25.7. The highest BCUT2D eigenvalue weighted by atomic mass is 16.6. The second kappa shape index (κ2) is 10.4. The molecule has 0 aliphatic carbocycles. The Morgan fingerprint density at radius 3 is 1.92 bits per heavy atom. The summed E-state index contributed by atoms with van der Waals surface area (Å²) in [6.07, 6.45) is 0. The lowest BCUT2D eigenvalue weighted by Crippen LogP contribution is -2.20. The molecule has 4 aromatic carbocycles. The number of nitrogens with zero attached hydrogens (tertiary/aromatic N) is 1. The Kier molecular flexibility index (Phi) is 6.97. The second-order valence-corrected chi connectivity index (χ2v) is 7.97. The fraction of sp³-hybridized carbons (Fsp3) is 0.0357. The molecule has 0 spiro atoms. The van der Waals surface area contributed by atoms with Crippen LogP contribution in [0.5, 0.6) is 0 Å². The van der Waals surface area contributed by atoms with Crippen LogP contribution in [0.3, 0.4) is 0 Å². The summed E-state index contributed by atoms with van der Waals surface area (Å²) in [5.41, 5.74) is 1.80. The van der Waals surface area contributed by atoms with Gasteiger partial charge in [0.15, 0.2) is 5.78 Å². The average Bonchev–Trinajstić information content (AvgIpc) is 2.90. The zero-order valence-electron chi connectivity index (χ0n) is 19.2. The molecule has 178 valence electrons. The third-order valence-electron chi connectivity index (χ3n) is 5.47. The van der Waals surface area contributed by atoms with Crippen molar-refractivity contribution in [2.75, 3.05) is 10.6 Å². The van der Waals surface area contributed by atoms with Crippen molar-refractivity contribution in [3.63, 3.8) is 0 Å². The number of rotatable bonds is 7. The summed E-state index contributed by atoms with van der Waals surface area (Å²) < 4.78 is 0. The predicted molar refractivity (Wildman–Crippen MR) is 136 cm³/mol. The average molecular weight is 479 g/mol. The molecule has 2 amide bonds. The van der Waals surface area contributed by atoms with Crippen molar-refractivity contribution in [3.05, 3.63) is 135 Å². The van der Waals surface area contributed by atoms with Crippen molar-refractivity contribution in [3.8, 4) is 0 Å². The Morgan fingerprint density at radius 1 is 0.667 bits per heavy atom. The second-order valence-electron chi connectivity index (χ2n) is 7.97. The van der Waals surface area contributed by atoms with E-state index in [0.717, 1.165) is 5.56 Å². The first-order chi connectivity index (χ1) is 17.3. The zero-order valence-corrected chi connectivity index (χ0v) is 19.2. The Bertz CT molecular complexity index is 1480. The lowest BCUT2D eigenvalue weighted by molar-refractivity contribution is -0.385. The largest absolute Gasteiger partial charge is 0.321 e. The van der Waals surface area contributed by atoms with Gasteiger partial charge in [-0.2, -0.15) is 0 Å². The monoisotopic (exact) mass is 479 g/mol. The Labute approximate surface area is 206 Å². The van der Waals surface area contributed by atoms with Gasteiger partial charge in [-0.25, -0.2) is 0 Å². The van der Waals surface area contributed by atoms with Crippen LogP contribution < -0.4 is 10.6 Å². The van der Waals surface area contributed by atoms with Gasteiger partial charge in [0.2, 0.25) is 0 Å². The van der Waals surface area contributed by atoms with Crippen molar-refractivity contribution < 1.29 is 19.3 Å². The molecule has 0 aliphatic rings. The maximum absolute atomic E-state index is 13.2. The van der Waals surface area contributed by atoms with Crippen molar-refractivity contribution >= 4 is 34.7 Å². The fourth-order valence-electron chi connectivity index (χ4n) is 3.69. The molecule has 0 fully saturated rings. The maximum atomic E-state index is 13.2. The van der Waals surface area contributed by atoms with Crippen LogP contribution in [0.2, 0.25) is 0 Å². The van der Waals surface area contributed by atoms with Gasteiger partial charge in [0.1, 0.15) is 5.56 Å². The molecule has 8 nitrogen and oxygen atoms in total. The topological polar surface area (TPSA) is 118 Å². The minimum Gasteiger partial charge on any atom is -0.321 e. The Hall–Kier alpha value is -5.11. The molecule has 8 heteroatoms. The van der Waals surface area contributed by atoms with Crippen LogP contribution in [0.25, 0.3) is 0 Å². The minimum atomic E-state index is -0.724. The van der Waals surface area contributed by atoms with Gasteiger partial charge in [-0.05, 0) is 37.3 Å². The van der Waals surface area contributed by atoms with Crippen molar-refractivity contribution in [1.29, 1.82) is 0 Å². The third kappa shape index (κ3) is 5.18. The van der Waals surface area contributed by atoms with Crippen molar-refractivity contribution in [2.24, 2.45) is 0 Å². The van der Waals surface area contributed by atoms with Gasteiger partial charge in [0.25, 0.3) is 17.5 Å². The molecule has 4 aromatic rings. The highest BCUT2D eigenvalue weighted by molar-refractivity contribution is 6.17. The molecule has 0 saturated heterocycles. The van der Waals surface area contributed by atoms with E-state index in [4.69, 9.17) is 0 Å². The van der Waals surface area contributed by atoms with E-state index < -0.39 is 16.7 Å². The molecule has 0 saturated carbocycles. The first-order valence-corrected chi connectivity index (χ1v) is 11.0. The number of nitro groups is 1. The number of benzene rings is 4. The number of ketones is 1. The van der Waals surface area contributed by atoms with Crippen molar-refractivity contribution in [2.45, 2.75) is 6.92 Å². The highest BCUT2D eigenvalue weighted by Crippen LogP contribution is 2.25. The number of nitro benzene ring substituents is 1. The molecule has 4 rings (SSSR count). The normalized spacial score (nSPS) is 10.4. The Morgan fingerprint density at radius 2 is 1.22 bits per heavy atom. The molecule has 0 bridgehead atoms. The molecule has 36 heavy (non-hydrogen) atoms. The van der Waals surface area contributed by atoms with E-state index in [1.807, 2.05) is 13.0 Å². The summed E-state index contributed by atoms with van der Waals surface area (Å²) in [7, 11) is 0. The van der Waals surface area contributed by atoms with Crippen LogP contribution in [-0.4, -0.2) is 22.5 Å². The lowest BCUT2D eigenvalue weighted by atomic mass is 9.99. The van der Waals surface area contributed by atoms with Gasteiger partial charge in [-0.1, -0.05) is 66.2 Å². The SMILES string of the molecule is Cc1ccc(NC(=O)c2ccccc2NC(=O)c2ccccc2[N+](=O)[O-])c(C(=O)c2ccccc2)c1. The molecular formula is C28H21N3O5. The van der Waals surface area contributed by atoms with Gasteiger partial charge in [0.05, 0.1) is 21.9 Å². The first-order valence-electron chi connectivity index (χ1n) is 11.0. The number of nitrogens with one attached hydrogen (secondary N) is 2. The molecular weight excluding hydrogens is 458 g/mol. The van der Waals surface area contributed by atoms with E-state index in [1.54, 1.807) is 54.6 Å². The number of amides is 2. The number of para-hydroxylation sites is 2. The summed E-state index contributed by atoms with van der Waals surface area (Å²) in [5.74, 6) is -1.52. The number of anilines is 2. The summed E-state index contributed by atoms with van der Waals surface area (Å²) >= 11 is 0. The molecule has 0 atom stereocenters. The standard InChI is InChI=1S/C28H21N3O5/c1-18-15-16-24(22(17-18)26(32)19-9-3-2-4-10-19)30-27(33)20-11-5-7-13-23(20)29-28(34)21-12-6-8-14-25(21)31(35)36/h2-17H,1H3,(H,29,34)(H,30,33). The number of hydrogen-bond donors (Lipinski definition) is 2. The van der Waals surface area contributed by atoms with Crippen LogP contribution in [0.4, 0.5) is 17.1 Å². The minimum absolute atomic E-state index is 0.128. The van der Waals surface area contributed by atoms with Gasteiger partial charge in [-0.3, -0.25) is 24.5 Å². The summed E-state index contributed by atoms with van der Waals surface area (Å²) in [6, 6.07) is 25.7. The maximum Gasteiger partial charge on any atom is 0.282 e. The van der Waals surface area contributed by atoms with Crippen LogP contribution in [0.15, 0.2) is 97.1 Å². The molecule has 0 unspecified atom stereocenters. The van der Waals surface area contributed by atoms with E-state index in [2.05, 4.69) is 10.6 Å². The van der Waals surface area contributed by atoms with E-state index in [-0.39, 0.29) is 28.3 Å². The first kappa shape index (κ1) is 24.0. The van der Waals surface area contributed by atoms with E-state index >= 15 is 0 Å². The molecule has 0 aromatic heterocycles. The molecule has 2 N–H and O–H groups in total. The summed E-state index contributed by atoms with van der Waals surface area (Å²) in [6.45, 7) is 1.85. The smallest absolute Gasteiger partial charge is 0.282 e. The number of hydrogen-bond acceptors (Lipinski definition) is 5. The van der Waals surface area contributed by atoms with E-state index in [1.165, 1.54) is 36.4 Å². The summed E-state index contributed by atoms with van der Waals surface area (Å²) in [4.78, 5) is 49.9. The molecule has 0 heterocycles. The van der Waals surface area contributed by atoms with Gasteiger partial charge < -0.3 is 10.6 Å². The Balaban J connectivity index is 1.62. The predicted octanol–water partition coefficient (Wildman–Crippen LogP) is 5.64. The quantitative estimate of drug-likeness (QED) is 0.202. The fourth-order valence-corrected chi connectivity index (χ4v) is 3.69. The summed E-state index contributed by atoms with van der Waals surface area (Å²) in [5, 5.41) is 16.7. The lowest BCUT2D eigenvalue weighted by Gasteiger charge is -2.14. The van der Waals surface area contributed by atoms with Crippen LogP contribution in [-0.2, 0) is 0 Å². The van der Waals surface area contributed by atoms with E-state index in [9.17, 15) is 24.5 Å². The molecule has 0 aliphatic heterocycles. The number of aryl methyl sites for hydroxylation is 1. The number of carbonyl (C=O) groups is 3.